The predicted molar refractivity (Wildman–Crippen MR) is 127 cm³/mol. The molecule has 3 nitrogen and oxygen atoms in total. The molecule has 0 fully saturated rings. The number of rotatable bonds is 12. The fraction of sp³-hybridized carbons (Fsp3) is 0.333. The van der Waals surface area contributed by atoms with E-state index in [0.717, 1.165) is 19.8 Å². The molecule has 0 amide bonds. The van der Waals surface area contributed by atoms with Crippen LogP contribution in [0.4, 0.5) is 0 Å². The van der Waals surface area contributed by atoms with E-state index in [1.807, 2.05) is 20.8 Å². The molecule has 0 atom stereocenters. The van der Waals surface area contributed by atoms with Crippen LogP contribution in [-0.4, -0.2) is 19.8 Å². The second-order valence-electron chi connectivity index (χ2n) is 7.15. The summed E-state index contributed by atoms with van der Waals surface area (Å²) in [5, 5.41) is 0. The van der Waals surface area contributed by atoms with Crippen LogP contribution >= 0.6 is 0 Å². The van der Waals surface area contributed by atoms with Gasteiger partial charge in [-0.2, -0.15) is 0 Å². The molecule has 4 heteroatoms. The van der Waals surface area contributed by atoms with Gasteiger partial charge >= 0.3 is 0 Å². The molecule has 0 radical (unpaired) electrons. The van der Waals surface area contributed by atoms with Gasteiger partial charge in [0.15, 0.2) is 14.7 Å². The van der Waals surface area contributed by atoms with E-state index in [2.05, 4.69) is 72.8 Å². The van der Waals surface area contributed by atoms with Crippen LogP contribution in [0.25, 0.3) is 0 Å². The van der Waals surface area contributed by atoms with Crippen molar-refractivity contribution >= 4 is 10.9 Å². The lowest BCUT2D eigenvalue weighted by atomic mass is 10.2. The maximum absolute atomic E-state index is 5.56. The van der Waals surface area contributed by atoms with E-state index >= 15 is 0 Å². The minimum Gasteiger partial charge on any atom is -0.377 e. The fourth-order valence-corrected chi connectivity index (χ4v) is 5.27. The van der Waals surface area contributed by atoms with Gasteiger partial charge < -0.3 is 14.2 Å². The molecule has 31 heavy (non-hydrogen) atoms. The number of benzene rings is 3. The average molecular weight is 438 g/mol. The zero-order valence-electron chi connectivity index (χ0n) is 18.8. The van der Waals surface area contributed by atoms with Crippen LogP contribution in [-0.2, 0) is 44.9 Å². The molecule has 0 N–H and O–H groups in total. The van der Waals surface area contributed by atoms with Crippen LogP contribution < -0.4 is 0 Å². The SMILES string of the molecule is CCOCc1ccc([S+](c2ccc(COCC)cc2)c2ccc(COCC)cc2)cc1. The van der Waals surface area contributed by atoms with Gasteiger partial charge in [0.2, 0.25) is 0 Å². The van der Waals surface area contributed by atoms with Crippen molar-refractivity contribution in [3.63, 3.8) is 0 Å². The fourth-order valence-electron chi connectivity index (χ4n) is 3.23. The Balaban J connectivity index is 1.90. The lowest BCUT2D eigenvalue weighted by molar-refractivity contribution is 0.134. The third-order valence-corrected chi connectivity index (χ3v) is 7.13. The first kappa shape index (κ1) is 23.6. The van der Waals surface area contributed by atoms with E-state index in [9.17, 15) is 0 Å². The van der Waals surface area contributed by atoms with Gasteiger partial charge in [0.05, 0.1) is 30.7 Å². The van der Waals surface area contributed by atoms with Crippen LogP contribution in [0.5, 0.6) is 0 Å². The minimum absolute atomic E-state index is 0.179. The Hall–Kier alpha value is -2.11. The highest BCUT2D eigenvalue weighted by Gasteiger charge is 2.28. The highest BCUT2D eigenvalue weighted by Crippen LogP contribution is 2.32. The van der Waals surface area contributed by atoms with Gasteiger partial charge in [-0.15, -0.1) is 0 Å². The lowest BCUT2D eigenvalue weighted by Gasteiger charge is -2.11. The number of ether oxygens (including phenoxy) is 3. The largest absolute Gasteiger partial charge is 0.377 e. The highest BCUT2D eigenvalue weighted by atomic mass is 32.2. The lowest BCUT2D eigenvalue weighted by Crippen LogP contribution is -2.06. The van der Waals surface area contributed by atoms with Gasteiger partial charge in [-0.3, -0.25) is 0 Å². The van der Waals surface area contributed by atoms with Crippen molar-refractivity contribution in [3.05, 3.63) is 89.5 Å². The van der Waals surface area contributed by atoms with Crippen LogP contribution in [0.15, 0.2) is 87.5 Å². The van der Waals surface area contributed by atoms with E-state index < -0.39 is 0 Å². The molecule has 0 aliphatic carbocycles. The molecule has 3 rings (SSSR count). The second kappa shape index (κ2) is 12.7. The van der Waals surface area contributed by atoms with Crippen LogP contribution in [0.1, 0.15) is 37.5 Å². The summed E-state index contributed by atoms with van der Waals surface area (Å²) in [5.41, 5.74) is 3.61. The van der Waals surface area contributed by atoms with Gasteiger partial charge in [-0.25, -0.2) is 0 Å². The standard InChI is InChI=1S/C27H33O3S/c1-4-28-19-22-7-13-25(14-8-22)31(26-15-9-23(10-16-26)20-29-5-2)27-17-11-24(12-18-27)21-30-6-3/h7-18H,4-6,19-21H2,1-3H3/q+1. The maximum atomic E-state index is 5.56. The molecule has 3 aromatic carbocycles. The molecule has 164 valence electrons. The van der Waals surface area contributed by atoms with E-state index in [4.69, 9.17) is 14.2 Å². The zero-order chi connectivity index (χ0) is 21.9. The first-order valence-corrected chi connectivity index (χ1v) is 12.2. The quantitative estimate of drug-likeness (QED) is 0.307. The molecule has 0 aliphatic rings. The Morgan fingerprint density at radius 2 is 0.710 bits per heavy atom. The molecule has 0 spiro atoms. The van der Waals surface area contributed by atoms with Crippen LogP contribution in [0.2, 0.25) is 0 Å². The second-order valence-corrected chi connectivity index (χ2v) is 9.18. The van der Waals surface area contributed by atoms with Crippen molar-refractivity contribution in [1.82, 2.24) is 0 Å². The van der Waals surface area contributed by atoms with Crippen molar-refractivity contribution in [2.45, 2.75) is 55.3 Å². The molecular formula is C27H33O3S+. The summed E-state index contributed by atoms with van der Waals surface area (Å²) in [5.74, 6) is 0. The third kappa shape index (κ3) is 6.94. The Morgan fingerprint density at radius 3 is 0.935 bits per heavy atom. The number of hydrogen-bond acceptors (Lipinski definition) is 3. The summed E-state index contributed by atoms with van der Waals surface area (Å²) in [6.45, 7) is 10.2. The van der Waals surface area contributed by atoms with E-state index in [1.165, 1.54) is 31.4 Å². The van der Waals surface area contributed by atoms with Crippen molar-refractivity contribution in [2.75, 3.05) is 19.8 Å². The first-order chi connectivity index (χ1) is 15.2. The van der Waals surface area contributed by atoms with Crippen molar-refractivity contribution in [3.8, 4) is 0 Å². The molecule has 0 aliphatic heterocycles. The molecule has 0 saturated heterocycles. The van der Waals surface area contributed by atoms with Gasteiger partial charge in [0.1, 0.15) is 0 Å². The van der Waals surface area contributed by atoms with Gasteiger partial charge in [0.25, 0.3) is 0 Å². The molecular weight excluding hydrogens is 404 g/mol. The Morgan fingerprint density at radius 1 is 0.452 bits per heavy atom. The molecule has 0 saturated carbocycles. The summed E-state index contributed by atoms with van der Waals surface area (Å²) in [6.07, 6.45) is 0. The normalized spacial score (nSPS) is 11.2. The van der Waals surface area contributed by atoms with E-state index in [0.29, 0.717) is 19.8 Å². The molecule has 0 heterocycles. The first-order valence-electron chi connectivity index (χ1n) is 11.0. The van der Waals surface area contributed by atoms with Crippen molar-refractivity contribution in [2.24, 2.45) is 0 Å². The topological polar surface area (TPSA) is 27.7 Å². The van der Waals surface area contributed by atoms with Gasteiger partial charge in [-0.05, 0) is 73.9 Å². The Labute approximate surface area is 189 Å². The molecule has 0 aromatic heterocycles. The molecule has 0 bridgehead atoms. The number of hydrogen-bond donors (Lipinski definition) is 0. The third-order valence-electron chi connectivity index (χ3n) is 4.90. The van der Waals surface area contributed by atoms with Gasteiger partial charge in [-0.1, -0.05) is 36.4 Å². The van der Waals surface area contributed by atoms with Crippen molar-refractivity contribution < 1.29 is 14.2 Å². The highest BCUT2D eigenvalue weighted by molar-refractivity contribution is 7.97. The van der Waals surface area contributed by atoms with E-state index in [1.54, 1.807) is 0 Å². The summed E-state index contributed by atoms with van der Waals surface area (Å²) in [6, 6.07) is 26.5. The summed E-state index contributed by atoms with van der Waals surface area (Å²) in [4.78, 5) is 3.90. The predicted octanol–water partition coefficient (Wildman–Crippen LogP) is 6.39. The smallest absolute Gasteiger partial charge is 0.166 e. The van der Waals surface area contributed by atoms with Gasteiger partial charge in [0, 0.05) is 19.8 Å². The van der Waals surface area contributed by atoms with Crippen LogP contribution in [0.3, 0.4) is 0 Å². The van der Waals surface area contributed by atoms with Crippen molar-refractivity contribution in [1.29, 1.82) is 0 Å². The zero-order valence-corrected chi connectivity index (χ0v) is 19.6. The summed E-state index contributed by atoms with van der Waals surface area (Å²) < 4.78 is 16.7. The summed E-state index contributed by atoms with van der Waals surface area (Å²) in [7, 11) is -0.179. The summed E-state index contributed by atoms with van der Waals surface area (Å²) >= 11 is 0. The maximum Gasteiger partial charge on any atom is 0.166 e. The minimum atomic E-state index is -0.179. The average Bonchev–Trinajstić information content (AvgIpc) is 2.82. The Bertz CT molecular complexity index is 767. The monoisotopic (exact) mass is 437 g/mol. The molecule has 3 aromatic rings. The molecule has 0 unspecified atom stereocenters. The Kier molecular flexibility index (Phi) is 9.63. The van der Waals surface area contributed by atoms with E-state index in [-0.39, 0.29) is 10.9 Å². The van der Waals surface area contributed by atoms with Crippen LogP contribution in [0, 0.1) is 0 Å².